The van der Waals surface area contributed by atoms with E-state index >= 15 is 0 Å². The molecular weight excluding hydrogens is 655 g/mol. The van der Waals surface area contributed by atoms with Gasteiger partial charge in [-0.25, -0.2) is 0 Å². The molecule has 0 amide bonds. The van der Waals surface area contributed by atoms with Crippen molar-refractivity contribution in [3.63, 3.8) is 0 Å². The third-order valence-corrected chi connectivity index (χ3v) is 11.0. The van der Waals surface area contributed by atoms with Gasteiger partial charge in [0.15, 0.2) is 0 Å². The first-order valence-electron chi connectivity index (χ1n) is 18.5. The Bertz CT molecular complexity index is 3210. The van der Waals surface area contributed by atoms with Crippen molar-refractivity contribution >= 4 is 82.1 Å². The van der Waals surface area contributed by atoms with E-state index in [2.05, 4.69) is 193 Å². The van der Waals surface area contributed by atoms with E-state index in [9.17, 15) is 0 Å². The van der Waals surface area contributed by atoms with Crippen molar-refractivity contribution in [2.24, 2.45) is 0 Å². The monoisotopic (exact) mass is 687 g/mol. The Morgan fingerprint density at radius 3 is 1.81 bits per heavy atom. The van der Waals surface area contributed by atoms with Crippen molar-refractivity contribution in [1.82, 2.24) is 0 Å². The first kappa shape index (κ1) is 30.5. The molecule has 0 N–H and O–H groups in total. The van der Waals surface area contributed by atoms with Crippen LogP contribution in [0, 0.1) is 0 Å². The van der Waals surface area contributed by atoms with Crippen LogP contribution in [0.1, 0.15) is 0 Å². The van der Waals surface area contributed by atoms with Crippen molar-refractivity contribution in [2.45, 2.75) is 0 Å². The predicted octanol–water partition coefficient (Wildman–Crippen LogP) is 15.0. The lowest BCUT2D eigenvalue weighted by atomic mass is 9.91. The summed E-state index contributed by atoms with van der Waals surface area (Å²) in [4.78, 5) is 2.39. The SMILES string of the molecule is c1ccc(-c2ccccc2N(c2ccc(-c3cccc4ccc5ccc6ccccc6c5c34)cc2)c2ccc3cc4c(cc3c2)oc2ccccc24)cc1. The maximum Gasteiger partial charge on any atom is 0.136 e. The van der Waals surface area contributed by atoms with E-state index < -0.39 is 0 Å². The van der Waals surface area contributed by atoms with Crippen molar-refractivity contribution < 1.29 is 4.42 Å². The van der Waals surface area contributed by atoms with E-state index in [-0.39, 0.29) is 0 Å². The summed E-state index contributed by atoms with van der Waals surface area (Å²) in [5, 5.41) is 12.2. The molecule has 10 aromatic carbocycles. The number of hydrogen-bond acceptors (Lipinski definition) is 2. The fourth-order valence-corrected chi connectivity index (χ4v) is 8.46. The molecule has 0 radical (unpaired) electrons. The second kappa shape index (κ2) is 12.2. The maximum absolute atomic E-state index is 6.33. The number of benzene rings is 10. The number of anilines is 3. The van der Waals surface area contributed by atoms with Crippen LogP contribution in [-0.4, -0.2) is 0 Å². The van der Waals surface area contributed by atoms with Crippen molar-refractivity contribution in [3.8, 4) is 22.3 Å². The molecule has 2 heteroatoms. The predicted molar refractivity (Wildman–Crippen MR) is 229 cm³/mol. The number of rotatable bonds is 5. The Balaban J connectivity index is 1.10. The molecule has 0 saturated carbocycles. The highest BCUT2D eigenvalue weighted by Gasteiger charge is 2.19. The lowest BCUT2D eigenvalue weighted by Crippen LogP contribution is -2.11. The van der Waals surface area contributed by atoms with Gasteiger partial charge in [0.2, 0.25) is 0 Å². The summed E-state index contributed by atoms with van der Waals surface area (Å²) in [6, 6.07) is 72.4. The lowest BCUT2D eigenvalue weighted by Gasteiger charge is -2.28. The van der Waals surface area contributed by atoms with Crippen LogP contribution in [-0.2, 0) is 0 Å². The number of fused-ring (bicyclic) bond motifs is 9. The van der Waals surface area contributed by atoms with E-state index in [1.54, 1.807) is 0 Å². The molecule has 0 aliphatic rings. The minimum absolute atomic E-state index is 0.900. The maximum atomic E-state index is 6.33. The third kappa shape index (κ3) is 4.88. The van der Waals surface area contributed by atoms with Crippen LogP contribution < -0.4 is 4.90 Å². The molecule has 0 bridgehead atoms. The second-order valence-corrected chi connectivity index (χ2v) is 14.1. The van der Waals surface area contributed by atoms with Gasteiger partial charge in [0, 0.05) is 27.7 Å². The molecule has 0 spiro atoms. The molecule has 0 aliphatic carbocycles. The zero-order chi connectivity index (χ0) is 35.6. The quantitative estimate of drug-likeness (QED) is 0.168. The number of furan rings is 1. The smallest absolute Gasteiger partial charge is 0.136 e. The zero-order valence-corrected chi connectivity index (χ0v) is 29.4. The summed E-state index contributed by atoms with van der Waals surface area (Å²) >= 11 is 0. The number of nitrogens with zero attached hydrogens (tertiary/aromatic N) is 1. The third-order valence-electron chi connectivity index (χ3n) is 11.0. The standard InChI is InChI=1S/C52H33NO/c1-2-11-34(12-3-1)43-15-6-8-19-48(43)53(42-30-27-39-32-47-46-17-7-9-20-49(46)54-50(47)33-40(39)31-42)41-28-25-36(26-29-41)45-18-10-14-37-23-24-38-22-21-35-13-4-5-16-44(35)52(38)51(37)45/h1-33H. The summed E-state index contributed by atoms with van der Waals surface area (Å²) in [5.74, 6) is 0. The molecule has 2 nitrogen and oxygen atoms in total. The van der Waals surface area contributed by atoms with Gasteiger partial charge >= 0.3 is 0 Å². The van der Waals surface area contributed by atoms with E-state index in [0.29, 0.717) is 0 Å². The van der Waals surface area contributed by atoms with Crippen LogP contribution in [0.25, 0.3) is 87.3 Å². The molecule has 1 heterocycles. The highest BCUT2D eigenvalue weighted by molar-refractivity contribution is 6.24. The van der Waals surface area contributed by atoms with Crippen LogP contribution in [0.3, 0.4) is 0 Å². The molecule has 0 aliphatic heterocycles. The van der Waals surface area contributed by atoms with Gasteiger partial charge in [0.1, 0.15) is 11.2 Å². The van der Waals surface area contributed by atoms with Crippen molar-refractivity contribution in [2.75, 3.05) is 4.90 Å². The van der Waals surface area contributed by atoms with E-state index in [4.69, 9.17) is 4.42 Å². The van der Waals surface area contributed by atoms with Gasteiger partial charge in [-0.3, -0.25) is 0 Å². The van der Waals surface area contributed by atoms with Crippen LogP contribution in [0.2, 0.25) is 0 Å². The van der Waals surface area contributed by atoms with Crippen molar-refractivity contribution in [3.05, 3.63) is 200 Å². The van der Waals surface area contributed by atoms with E-state index in [1.807, 2.05) is 12.1 Å². The normalized spacial score (nSPS) is 11.7. The van der Waals surface area contributed by atoms with Gasteiger partial charge in [-0.15, -0.1) is 0 Å². The Hall–Kier alpha value is -7.16. The topological polar surface area (TPSA) is 16.4 Å². The zero-order valence-electron chi connectivity index (χ0n) is 29.4. The number of hydrogen-bond donors (Lipinski definition) is 0. The van der Waals surface area contributed by atoms with Crippen LogP contribution in [0.4, 0.5) is 17.1 Å². The minimum Gasteiger partial charge on any atom is -0.456 e. The Morgan fingerprint density at radius 2 is 0.944 bits per heavy atom. The summed E-state index contributed by atoms with van der Waals surface area (Å²) in [6.45, 7) is 0. The van der Waals surface area contributed by atoms with Crippen LogP contribution in [0.5, 0.6) is 0 Å². The minimum atomic E-state index is 0.900. The largest absolute Gasteiger partial charge is 0.456 e. The van der Waals surface area contributed by atoms with Gasteiger partial charge < -0.3 is 9.32 Å². The molecule has 11 aromatic rings. The molecule has 54 heavy (non-hydrogen) atoms. The van der Waals surface area contributed by atoms with Gasteiger partial charge in [-0.2, -0.15) is 0 Å². The first-order valence-corrected chi connectivity index (χ1v) is 18.5. The first-order chi connectivity index (χ1) is 26.8. The fraction of sp³-hybridized carbons (Fsp3) is 0. The van der Waals surface area contributed by atoms with Gasteiger partial charge in [0.05, 0.1) is 5.69 Å². The molecule has 0 unspecified atom stereocenters. The average molecular weight is 688 g/mol. The molecule has 252 valence electrons. The van der Waals surface area contributed by atoms with Crippen LogP contribution in [0.15, 0.2) is 205 Å². The van der Waals surface area contributed by atoms with Gasteiger partial charge in [-0.05, 0) is 108 Å². The van der Waals surface area contributed by atoms with Gasteiger partial charge in [0.25, 0.3) is 0 Å². The fourth-order valence-electron chi connectivity index (χ4n) is 8.46. The molecule has 0 atom stereocenters. The molecule has 0 saturated heterocycles. The van der Waals surface area contributed by atoms with Crippen LogP contribution >= 0.6 is 0 Å². The second-order valence-electron chi connectivity index (χ2n) is 14.1. The summed E-state index contributed by atoms with van der Waals surface area (Å²) in [7, 11) is 0. The highest BCUT2D eigenvalue weighted by atomic mass is 16.3. The Morgan fingerprint density at radius 1 is 0.315 bits per heavy atom. The molecule has 1 aromatic heterocycles. The molecular formula is C52H33NO. The lowest BCUT2D eigenvalue weighted by molar-refractivity contribution is 0.669. The summed E-state index contributed by atoms with van der Waals surface area (Å²) < 4.78 is 6.33. The van der Waals surface area contributed by atoms with E-state index in [1.165, 1.54) is 60.0 Å². The highest BCUT2D eigenvalue weighted by Crippen LogP contribution is 2.44. The number of para-hydroxylation sites is 2. The molecule has 11 rings (SSSR count). The Kier molecular flexibility index (Phi) is 6.90. The Labute approximate surface area is 312 Å². The van der Waals surface area contributed by atoms with Gasteiger partial charge in [-0.1, -0.05) is 152 Å². The summed E-state index contributed by atoms with van der Waals surface area (Å²) in [5.41, 5.74) is 9.86. The summed E-state index contributed by atoms with van der Waals surface area (Å²) in [6.07, 6.45) is 0. The van der Waals surface area contributed by atoms with E-state index in [0.717, 1.165) is 44.4 Å². The average Bonchev–Trinajstić information content (AvgIpc) is 3.60. The molecule has 0 fully saturated rings. The van der Waals surface area contributed by atoms with Crippen molar-refractivity contribution in [1.29, 1.82) is 0 Å².